The minimum Gasteiger partial charge on any atom is -0.494 e. The van der Waals surface area contributed by atoms with Crippen molar-refractivity contribution < 1.29 is 17.7 Å². The molecule has 0 spiro atoms. The van der Waals surface area contributed by atoms with Crippen LogP contribution in [-0.4, -0.2) is 20.2 Å². The van der Waals surface area contributed by atoms with Gasteiger partial charge >= 0.3 is 0 Å². The number of hydrogen-bond acceptors (Lipinski definition) is 5. The lowest BCUT2D eigenvalue weighted by atomic mass is 10.0. The fraction of sp³-hybridized carbons (Fsp3) is 0.381. The Balaban J connectivity index is 1.69. The summed E-state index contributed by atoms with van der Waals surface area (Å²) in [5.74, 6) is 1.28. The van der Waals surface area contributed by atoms with Crippen molar-refractivity contribution in [1.82, 2.24) is 9.88 Å². The van der Waals surface area contributed by atoms with Gasteiger partial charge in [0.25, 0.3) is 0 Å². The smallest absolute Gasteiger partial charge is 0.240 e. The third kappa shape index (κ3) is 4.91. The molecule has 7 heteroatoms. The lowest BCUT2D eigenvalue weighted by molar-refractivity contribution is 0.309. The second kappa shape index (κ2) is 9.21. The molecule has 0 fully saturated rings. The zero-order valence-electron chi connectivity index (χ0n) is 16.3. The number of rotatable bonds is 9. The van der Waals surface area contributed by atoms with Gasteiger partial charge in [-0.05, 0) is 56.0 Å². The maximum absolute atomic E-state index is 12.7. The van der Waals surface area contributed by atoms with Crippen molar-refractivity contribution in [3.8, 4) is 5.75 Å². The second-order valence-corrected chi connectivity index (χ2v) is 8.47. The van der Waals surface area contributed by atoms with Gasteiger partial charge in [-0.3, -0.25) is 0 Å². The Morgan fingerprint density at radius 3 is 2.68 bits per heavy atom. The summed E-state index contributed by atoms with van der Waals surface area (Å²) in [7, 11) is -3.66. The van der Waals surface area contributed by atoms with Crippen LogP contribution in [0.2, 0.25) is 0 Å². The van der Waals surface area contributed by atoms with Crippen molar-refractivity contribution in [1.29, 1.82) is 0 Å². The van der Waals surface area contributed by atoms with Crippen LogP contribution < -0.4 is 9.46 Å². The van der Waals surface area contributed by atoms with E-state index in [4.69, 9.17) is 9.26 Å². The topological polar surface area (TPSA) is 81.4 Å². The standard InChI is InChI=1S/C21H26N2O4S/c1-3-4-14-26-18-10-12-19(13-11-18)28(24,25)22-15-20-16(2)27-23-21(20)17-8-6-5-7-9-17/h6,8-13,22H,3-5,7,14-15H2,1-2H3. The molecular weight excluding hydrogens is 376 g/mol. The van der Waals surface area contributed by atoms with Gasteiger partial charge in [0.05, 0.1) is 11.5 Å². The highest BCUT2D eigenvalue weighted by atomic mass is 32.2. The molecule has 0 saturated heterocycles. The number of aryl methyl sites for hydroxylation is 1. The van der Waals surface area contributed by atoms with Crippen LogP contribution in [0.1, 0.15) is 49.6 Å². The van der Waals surface area contributed by atoms with Crippen molar-refractivity contribution in [3.63, 3.8) is 0 Å². The van der Waals surface area contributed by atoms with E-state index in [1.807, 2.05) is 6.08 Å². The number of allylic oxidation sites excluding steroid dienone is 4. The van der Waals surface area contributed by atoms with Gasteiger partial charge in [0.1, 0.15) is 17.2 Å². The molecule has 3 rings (SSSR count). The Morgan fingerprint density at radius 2 is 2.00 bits per heavy atom. The number of nitrogens with one attached hydrogen (secondary N) is 1. The molecule has 1 aliphatic rings. The van der Waals surface area contributed by atoms with Crippen LogP contribution >= 0.6 is 0 Å². The third-order valence-electron chi connectivity index (χ3n) is 4.59. The van der Waals surface area contributed by atoms with Crippen molar-refractivity contribution in [2.45, 2.75) is 51.0 Å². The van der Waals surface area contributed by atoms with E-state index in [1.54, 1.807) is 31.2 Å². The van der Waals surface area contributed by atoms with Crippen LogP contribution in [-0.2, 0) is 16.6 Å². The molecule has 1 heterocycles. The highest BCUT2D eigenvalue weighted by molar-refractivity contribution is 7.89. The lowest BCUT2D eigenvalue weighted by Gasteiger charge is -2.10. The molecule has 1 N–H and O–H groups in total. The first-order chi connectivity index (χ1) is 13.5. The number of benzene rings is 1. The Labute approximate surface area is 166 Å². The lowest BCUT2D eigenvalue weighted by Crippen LogP contribution is -2.23. The number of hydrogen-bond donors (Lipinski definition) is 1. The zero-order chi connectivity index (χ0) is 20.0. The molecule has 1 aromatic heterocycles. The molecular formula is C21H26N2O4S. The van der Waals surface area contributed by atoms with Gasteiger partial charge in [0.15, 0.2) is 0 Å². The summed E-state index contributed by atoms with van der Waals surface area (Å²) in [4.78, 5) is 0.197. The predicted molar refractivity (Wildman–Crippen MR) is 108 cm³/mol. The SMILES string of the molecule is CCCCOc1ccc(S(=O)(=O)NCc2c(C3=CCCC=C3)noc2C)cc1. The maximum atomic E-state index is 12.7. The van der Waals surface area contributed by atoms with Gasteiger partial charge in [-0.25, -0.2) is 13.1 Å². The summed E-state index contributed by atoms with van der Waals surface area (Å²) in [6, 6.07) is 6.46. The molecule has 0 radical (unpaired) electrons. The molecule has 150 valence electrons. The van der Waals surface area contributed by atoms with Gasteiger partial charge in [-0.15, -0.1) is 0 Å². The van der Waals surface area contributed by atoms with Crippen molar-refractivity contribution >= 4 is 15.6 Å². The van der Waals surface area contributed by atoms with Gasteiger partial charge in [-0.2, -0.15) is 0 Å². The highest BCUT2D eigenvalue weighted by Gasteiger charge is 2.20. The Hall–Kier alpha value is -2.38. The van der Waals surface area contributed by atoms with E-state index in [0.29, 0.717) is 23.8 Å². The number of ether oxygens (including phenoxy) is 1. The maximum Gasteiger partial charge on any atom is 0.240 e. The van der Waals surface area contributed by atoms with Gasteiger partial charge in [-0.1, -0.05) is 36.7 Å². The largest absolute Gasteiger partial charge is 0.494 e. The summed E-state index contributed by atoms with van der Waals surface area (Å²) in [6.45, 7) is 4.62. The molecule has 28 heavy (non-hydrogen) atoms. The predicted octanol–water partition coefficient (Wildman–Crippen LogP) is 4.37. The van der Waals surface area contributed by atoms with Gasteiger partial charge in [0, 0.05) is 12.1 Å². The summed E-state index contributed by atoms with van der Waals surface area (Å²) < 4.78 is 38.9. The van der Waals surface area contributed by atoms with Crippen molar-refractivity contribution in [3.05, 3.63) is 59.5 Å². The molecule has 0 unspecified atom stereocenters. The fourth-order valence-corrected chi connectivity index (χ4v) is 3.91. The highest BCUT2D eigenvalue weighted by Crippen LogP contribution is 2.26. The molecule has 2 aromatic rings. The molecule has 0 aliphatic heterocycles. The Kier molecular flexibility index (Phi) is 6.70. The second-order valence-electron chi connectivity index (χ2n) is 6.70. The molecule has 0 atom stereocenters. The Bertz CT molecular complexity index is 957. The van der Waals surface area contributed by atoms with E-state index in [9.17, 15) is 8.42 Å². The van der Waals surface area contributed by atoms with Crippen LogP contribution in [0.4, 0.5) is 0 Å². The van der Waals surface area contributed by atoms with Crippen LogP contribution in [0.3, 0.4) is 0 Å². The summed E-state index contributed by atoms with van der Waals surface area (Å²) in [6.07, 6.45) is 10.1. The molecule has 1 aromatic carbocycles. The van der Waals surface area contributed by atoms with Gasteiger partial charge in [0.2, 0.25) is 10.0 Å². The molecule has 1 aliphatic carbocycles. The van der Waals surface area contributed by atoms with Crippen molar-refractivity contribution in [2.24, 2.45) is 0 Å². The summed E-state index contributed by atoms with van der Waals surface area (Å²) in [5.41, 5.74) is 2.41. The first-order valence-electron chi connectivity index (χ1n) is 9.56. The molecule has 0 amide bonds. The first kappa shape index (κ1) is 20.4. The molecule has 6 nitrogen and oxygen atoms in total. The number of unbranched alkanes of at least 4 members (excludes halogenated alkanes) is 1. The van der Waals surface area contributed by atoms with E-state index in [0.717, 1.165) is 36.8 Å². The zero-order valence-corrected chi connectivity index (χ0v) is 17.1. The van der Waals surface area contributed by atoms with Gasteiger partial charge < -0.3 is 9.26 Å². The molecule has 0 bridgehead atoms. The normalized spacial score (nSPS) is 14.1. The van der Waals surface area contributed by atoms with E-state index < -0.39 is 10.0 Å². The van der Waals surface area contributed by atoms with Crippen LogP contribution in [0.25, 0.3) is 5.57 Å². The third-order valence-corrected chi connectivity index (χ3v) is 6.01. The molecule has 0 saturated carbocycles. The number of nitrogens with zero attached hydrogens (tertiary/aromatic N) is 1. The Morgan fingerprint density at radius 1 is 1.21 bits per heavy atom. The average molecular weight is 403 g/mol. The minimum atomic E-state index is -3.66. The fourth-order valence-electron chi connectivity index (χ4n) is 2.92. The van der Waals surface area contributed by atoms with E-state index in [-0.39, 0.29) is 11.4 Å². The van der Waals surface area contributed by atoms with E-state index in [1.165, 1.54) is 0 Å². The minimum absolute atomic E-state index is 0.118. The average Bonchev–Trinajstić information content (AvgIpc) is 3.08. The van der Waals surface area contributed by atoms with E-state index in [2.05, 4.69) is 29.0 Å². The van der Waals surface area contributed by atoms with E-state index >= 15 is 0 Å². The number of aromatic nitrogens is 1. The van der Waals surface area contributed by atoms with Crippen LogP contribution in [0.5, 0.6) is 5.75 Å². The first-order valence-corrected chi connectivity index (χ1v) is 11.0. The summed E-state index contributed by atoms with van der Waals surface area (Å²) >= 11 is 0. The van der Waals surface area contributed by atoms with Crippen LogP contribution in [0, 0.1) is 6.92 Å². The number of sulfonamides is 1. The summed E-state index contributed by atoms with van der Waals surface area (Å²) in [5, 5.41) is 4.11. The van der Waals surface area contributed by atoms with Crippen LogP contribution in [0.15, 0.2) is 51.9 Å². The van der Waals surface area contributed by atoms with Crippen molar-refractivity contribution in [2.75, 3.05) is 6.61 Å². The monoisotopic (exact) mass is 402 g/mol. The quantitative estimate of drug-likeness (QED) is 0.630.